The van der Waals surface area contributed by atoms with E-state index < -0.39 is 17.9 Å². The molecule has 1 aliphatic heterocycles. The number of carbonyl (C=O) groups excluding carboxylic acids is 2. The third-order valence-electron chi connectivity index (χ3n) is 4.78. The van der Waals surface area contributed by atoms with Crippen LogP contribution in [0.15, 0.2) is 30.5 Å². The lowest BCUT2D eigenvalue weighted by Gasteiger charge is -2.35. The number of hydrogen-bond acceptors (Lipinski definition) is 6. The molecule has 1 aromatic carbocycles. The number of benzene rings is 1. The zero-order valence-electron chi connectivity index (χ0n) is 16.7. The Balaban J connectivity index is 1.81. The quantitative estimate of drug-likeness (QED) is 0.775. The second-order valence-electron chi connectivity index (χ2n) is 7.34. The summed E-state index contributed by atoms with van der Waals surface area (Å²) in [5.74, 6) is -1.40. The van der Waals surface area contributed by atoms with E-state index in [1.807, 2.05) is 0 Å². The van der Waals surface area contributed by atoms with Crippen molar-refractivity contribution in [2.45, 2.75) is 32.4 Å². The summed E-state index contributed by atoms with van der Waals surface area (Å²) in [5, 5.41) is 17.0. The van der Waals surface area contributed by atoms with Gasteiger partial charge in [-0.1, -0.05) is 0 Å². The number of hydrogen-bond donors (Lipinski definition) is 2. The zero-order valence-corrected chi connectivity index (χ0v) is 16.7. The number of rotatable bonds is 5. The minimum atomic E-state index is -0.683. The Hall–Kier alpha value is -3.61. The standard InChI is InChI=1S/C20H23FN6O3/c1-12(2)30-20(29)26-8-7-17(13(9-22)10-26)27-11-16(18(23)28)19(25-27)24-15-5-3-14(21)4-6-15/h3-6,11-13,17H,7-8,10H2,1-2H3,(H2,23,28)(H,24,25). The number of nitrogens with one attached hydrogen (secondary N) is 1. The highest BCUT2D eigenvalue weighted by Crippen LogP contribution is 2.30. The van der Waals surface area contributed by atoms with E-state index in [1.54, 1.807) is 13.8 Å². The van der Waals surface area contributed by atoms with Gasteiger partial charge in [0.2, 0.25) is 0 Å². The van der Waals surface area contributed by atoms with Crippen molar-refractivity contribution in [1.29, 1.82) is 5.26 Å². The molecule has 0 saturated carbocycles. The van der Waals surface area contributed by atoms with Crippen molar-refractivity contribution in [2.24, 2.45) is 11.7 Å². The van der Waals surface area contributed by atoms with E-state index in [9.17, 15) is 19.2 Å². The van der Waals surface area contributed by atoms with Crippen LogP contribution in [0.1, 0.15) is 36.7 Å². The first kappa shape index (κ1) is 21.1. The van der Waals surface area contributed by atoms with E-state index in [0.717, 1.165) is 0 Å². The minimum absolute atomic E-state index is 0.151. The maximum absolute atomic E-state index is 13.1. The number of amides is 2. The fourth-order valence-electron chi connectivity index (χ4n) is 3.33. The summed E-state index contributed by atoms with van der Waals surface area (Å²) in [6.07, 6.45) is 1.24. The summed E-state index contributed by atoms with van der Waals surface area (Å²) in [6.45, 7) is 4.11. The predicted molar refractivity (Wildman–Crippen MR) is 106 cm³/mol. The fraction of sp³-hybridized carbons (Fsp3) is 0.400. The summed E-state index contributed by atoms with van der Waals surface area (Å²) in [7, 11) is 0. The van der Waals surface area contributed by atoms with Gasteiger partial charge in [0.1, 0.15) is 11.4 Å². The first-order chi connectivity index (χ1) is 14.3. The van der Waals surface area contributed by atoms with Gasteiger partial charge in [-0.2, -0.15) is 10.4 Å². The van der Waals surface area contributed by atoms with Crippen LogP contribution in [0, 0.1) is 23.1 Å². The van der Waals surface area contributed by atoms with Crippen LogP contribution in [-0.4, -0.2) is 45.9 Å². The molecule has 2 aromatic rings. The molecule has 2 unspecified atom stereocenters. The third kappa shape index (κ3) is 4.68. The van der Waals surface area contributed by atoms with Gasteiger partial charge in [0.25, 0.3) is 5.91 Å². The van der Waals surface area contributed by atoms with Crippen LogP contribution in [0.25, 0.3) is 0 Å². The van der Waals surface area contributed by atoms with Crippen molar-refractivity contribution in [3.8, 4) is 6.07 Å². The number of nitrogens with zero attached hydrogens (tertiary/aromatic N) is 4. The highest BCUT2D eigenvalue weighted by Gasteiger charge is 2.35. The molecule has 158 valence electrons. The maximum Gasteiger partial charge on any atom is 0.410 e. The molecule has 1 aromatic heterocycles. The van der Waals surface area contributed by atoms with Gasteiger partial charge >= 0.3 is 6.09 Å². The first-order valence-corrected chi connectivity index (χ1v) is 9.55. The number of primary amides is 1. The van der Waals surface area contributed by atoms with Crippen LogP contribution in [0.3, 0.4) is 0 Å². The largest absolute Gasteiger partial charge is 0.447 e. The molecule has 0 aliphatic carbocycles. The van der Waals surface area contributed by atoms with Crippen molar-refractivity contribution in [1.82, 2.24) is 14.7 Å². The fourth-order valence-corrected chi connectivity index (χ4v) is 3.33. The second-order valence-corrected chi connectivity index (χ2v) is 7.34. The number of ether oxygens (including phenoxy) is 1. The van der Waals surface area contributed by atoms with Gasteiger partial charge in [-0.25, -0.2) is 9.18 Å². The normalized spacial score (nSPS) is 18.7. The van der Waals surface area contributed by atoms with Gasteiger partial charge in [-0.05, 0) is 44.5 Å². The Labute approximate surface area is 173 Å². The van der Waals surface area contributed by atoms with Gasteiger partial charge < -0.3 is 20.7 Å². The van der Waals surface area contributed by atoms with Gasteiger partial charge in [0, 0.05) is 25.0 Å². The lowest BCUT2D eigenvalue weighted by Crippen LogP contribution is -2.45. The van der Waals surface area contributed by atoms with Crippen LogP contribution < -0.4 is 11.1 Å². The average Bonchev–Trinajstić information content (AvgIpc) is 3.12. The van der Waals surface area contributed by atoms with Gasteiger partial charge in [-0.3, -0.25) is 9.48 Å². The Bertz CT molecular complexity index is 966. The number of nitriles is 1. The van der Waals surface area contributed by atoms with E-state index in [4.69, 9.17) is 10.5 Å². The molecule has 1 saturated heterocycles. The molecule has 1 fully saturated rings. The van der Waals surface area contributed by atoms with E-state index in [2.05, 4.69) is 16.5 Å². The summed E-state index contributed by atoms with van der Waals surface area (Å²) in [6, 6.07) is 7.45. The predicted octanol–water partition coefficient (Wildman–Crippen LogP) is 2.80. The molecule has 0 bridgehead atoms. The molecule has 1 aliphatic rings. The van der Waals surface area contributed by atoms with Gasteiger partial charge in [0.15, 0.2) is 5.82 Å². The number of likely N-dealkylation sites (tertiary alicyclic amines) is 1. The Morgan fingerprint density at radius 2 is 2.07 bits per heavy atom. The Morgan fingerprint density at radius 1 is 1.37 bits per heavy atom. The van der Waals surface area contributed by atoms with Crippen LogP contribution in [0.5, 0.6) is 0 Å². The summed E-state index contributed by atoms with van der Waals surface area (Å²) >= 11 is 0. The Morgan fingerprint density at radius 3 is 2.67 bits per heavy atom. The van der Waals surface area contributed by atoms with E-state index in [0.29, 0.717) is 18.7 Å². The van der Waals surface area contributed by atoms with Crippen molar-refractivity contribution in [3.63, 3.8) is 0 Å². The molecule has 9 nitrogen and oxygen atoms in total. The third-order valence-corrected chi connectivity index (χ3v) is 4.78. The van der Waals surface area contributed by atoms with Gasteiger partial charge in [-0.15, -0.1) is 0 Å². The van der Waals surface area contributed by atoms with Crippen molar-refractivity contribution in [3.05, 3.63) is 41.8 Å². The van der Waals surface area contributed by atoms with E-state index in [1.165, 1.54) is 40.0 Å². The molecular formula is C20H23FN6O3. The number of halogens is 1. The maximum atomic E-state index is 13.1. The highest BCUT2D eigenvalue weighted by molar-refractivity contribution is 5.98. The smallest absolute Gasteiger partial charge is 0.410 e. The lowest BCUT2D eigenvalue weighted by molar-refractivity contribution is 0.0579. The summed E-state index contributed by atoms with van der Waals surface area (Å²) in [5.41, 5.74) is 6.17. The second kappa shape index (κ2) is 8.82. The molecule has 10 heteroatoms. The molecule has 2 atom stereocenters. The number of nitrogens with two attached hydrogens (primary N) is 1. The van der Waals surface area contributed by atoms with Crippen LogP contribution in [0.2, 0.25) is 0 Å². The molecule has 2 amide bonds. The molecule has 30 heavy (non-hydrogen) atoms. The number of aromatic nitrogens is 2. The van der Waals surface area contributed by atoms with Crippen molar-refractivity contribution >= 4 is 23.5 Å². The van der Waals surface area contributed by atoms with E-state index >= 15 is 0 Å². The van der Waals surface area contributed by atoms with Crippen LogP contribution >= 0.6 is 0 Å². The average molecular weight is 414 g/mol. The monoisotopic (exact) mass is 414 g/mol. The topological polar surface area (TPSA) is 126 Å². The van der Waals surface area contributed by atoms with Crippen LogP contribution in [0.4, 0.5) is 20.7 Å². The molecule has 3 rings (SSSR count). The molecule has 2 heterocycles. The van der Waals surface area contributed by atoms with Gasteiger partial charge in [0.05, 0.1) is 24.1 Å². The molecular weight excluding hydrogens is 391 g/mol. The van der Waals surface area contributed by atoms with E-state index in [-0.39, 0.29) is 35.9 Å². The lowest BCUT2D eigenvalue weighted by atomic mass is 9.94. The Kier molecular flexibility index (Phi) is 6.20. The van der Waals surface area contributed by atoms with Crippen molar-refractivity contribution < 1.29 is 18.7 Å². The first-order valence-electron chi connectivity index (χ1n) is 9.55. The molecule has 3 N–H and O–H groups in total. The molecule has 0 spiro atoms. The molecule has 0 radical (unpaired) electrons. The number of piperidine rings is 1. The summed E-state index contributed by atoms with van der Waals surface area (Å²) in [4.78, 5) is 25.6. The van der Waals surface area contributed by atoms with Crippen molar-refractivity contribution in [2.75, 3.05) is 18.4 Å². The minimum Gasteiger partial charge on any atom is -0.447 e. The SMILES string of the molecule is CC(C)OC(=O)N1CCC(n2cc(C(N)=O)c(Nc3ccc(F)cc3)n2)C(C#N)C1. The number of carbonyl (C=O) groups is 2. The zero-order chi connectivity index (χ0) is 21.8. The summed E-state index contributed by atoms with van der Waals surface area (Å²) < 4.78 is 19.9. The highest BCUT2D eigenvalue weighted by atomic mass is 19.1. The van der Waals surface area contributed by atoms with Crippen LogP contribution in [-0.2, 0) is 4.74 Å². The number of anilines is 2.